The van der Waals surface area contributed by atoms with Crippen molar-refractivity contribution >= 4 is 35.8 Å². The van der Waals surface area contributed by atoms with Crippen molar-refractivity contribution < 1.29 is 0 Å². The highest BCUT2D eigenvalue weighted by Crippen LogP contribution is 2.17. The number of nitrogens with zero attached hydrogens (tertiary/aromatic N) is 4. The van der Waals surface area contributed by atoms with Crippen LogP contribution in [0, 0.1) is 0 Å². The SMILES string of the molecule is CCN1CCN(c2ccc(CN=C(N)NC3CCCCCC3)cn2)CC1.I. The summed E-state index contributed by atoms with van der Waals surface area (Å²) in [6.07, 6.45) is 9.63. The van der Waals surface area contributed by atoms with Crippen LogP contribution in [0.25, 0.3) is 0 Å². The zero-order valence-electron chi connectivity index (χ0n) is 16.6. The van der Waals surface area contributed by atoms with E-state index in [2.05, 4.69) is 44.1 Å². The van der Waals surface area contributed by atoms with Gasteiger partial charge in [0.25, 0.3) is 0 Å². The second-order valence-electron chi connectivity index (χ2n) is 7.48. The minimum absolute atomic E-state index is 0. The molecule has 0 bridgehead atoms. The van der Waals surface area contributed by atoms with E-state index in [9.17, 15) is 0 Å². The van der Waals surface area contributed by atoms with Gasteiger partial charge in [0.15, 0.2) is 5.96 Å². The molecule has 2 aliphatic rings. The van der Waals surface area contributed by atoms with Gasteiger partial charge in [-0.15, -0.1) is 24.0 Å². The summed E-state index contributed by atoms with van der Waals surface area (Å²) in [7, 11) is 0. The third-order valence-corrected chi connectivity index (χ3v) is 5.59. The third-order valence-electron chi connectivity index (χ3n) is 5.59. The van der Waals surface area contributed by atoms with Crippen molar-refractivity contribution in [2.45, 2.75) is 58.0 Å². The van der Waals surface area contributed by atoms with Gasteiger partial charge < -0.3 is 20.9 Å². The van der Waals surface area contributed by atoms with Crippen LogP contribution in [0.1, 0.15) is 51.0 Å². The van der Waals surface area contributed by atoms with Crippen molar-refractivity contribution in [2.24, 2.45) is 10.7 Å². The standard InChI is InChI=1S/C20H34N6.HI/c1-2-25-11-13-26(14-12-25)19-10-9-17(15-22-19)16-23-20(21)24-18-7-5-3-4-6-8-18;/h9-10,15,18H,2-8,11-14,16H2,1H3,(H3,21,23,24);1H. The van der Waals surface area contributed by atoms with E-state index in [1.807, 2.05) is 6.20 Å². The highest BCUT2D eigenvalue weighted by Gasteiger charge is 2.16. The summed E-state index contributed by atoms with van der Waals surface area (Å²) in [6.45, 7) is 8.28. The quantitative estimate of drug-likeness (QED) is 0.290. The van der Waals surface area contributed by atoms with Crippen LogP contribution in [0.15, 0.2) is 23.3 Å². The van der Waals surface area contributed by atoms with Gasteiger partial charge in [0, 0.05) is 38.4 Å². The summed E-state index contributed by atoms with van der Waals surface area (Å²) in [5, 5.41) is 3.40. The van der Waals surface area contributed by atoms with E-state index in [-0.39, 0.29) is 24.0 Å². The van der Waals surface area contributed by atoms with Crippen LogP contribution in [-0.2, 0) is 6.54 Å². The van der Waals surface area contributed by atoms with Gasteiger partial charge in [-0.1, -0.05) is 38.7 Å². The lowest BCUT2D eigenvalue weighted by Gasteiger charge is -2.34. The van der Waals surface area contributed by atoms with E-state index in [0.717, 1.165) is 44.1 Å². The average molecular weight is 486 g/mol. The lowest BCUT2D eigenvalue weighted by molar-refractivity contribution is 0.270. The summed E-state index contributed by atoms with van der Waals surface area (Å²) in [6, 6.07) is 4.72. The monoisotopic (exact) mass is 486 g/mol. The summed E-state index contributed by atoms with van der Waals surface area (Å²) in [5.74, 6) is 1.63. The maximum Gasteiger partial charge on any atom is 0.189 e. The largest absolute Gasteiger partial charge is 0.370 e. The minimum Gasteiger partial charge on any atom is -0.370 e. The number of nitrogens with one attached hydrogen (secondary N) is 1. The molecule has 1 saturated carbocycles. The molecule has 1 aromatic rings. The van der Waals surface area contributed by atoms with Gasteiger partial charge in [-0.05, 0) is 31.0 Å². The number of anilines is 1. The number of aromatic nitrogens is 1. The van der Waals surface area contributed by atoms with Gasteiger partial charge in [-0.3, -0.25) is 0 Å². The molecule has 0 amide bonds. The number of likely N-dealkylation sites (N-methyl/N-ethyl adjacent to an activating group) is 1. The average Bonchev–Trinajstić information content (AvgIpc) is 2.95. The fourth-order valence-electron chi connectivity index (χ4n) is 3.85. The molecule has 0 radical (unpaired) electrons. The second-order valence-corrected chi connectivity index (χ2v) is 7.48. The molecular formula is C20H35IN6. The first-order chi connectivity index (χ1) is 12.7. The normalized spacial score (nSPS) is 20.0. The predicted molar refractivity (Wildman–Crippen MR) is 124 cm³/mol. The Morgan fingerprint density at radius 3 is 2.44 bits per heavy atom. The lowest BCUT2D eigenvalue weighted by Crippen LogP contribution is -2.46. The predicted octanol–water partition coefficient (Wildman–Crippen LogP) is 2.97. The summed E-state index contributed by atoms with van der Waals surface area (Å²) < 4.78 is 0. The Morgan fingerprint density at radius 1 is 1.15 bits per heavy atom. The number of piperazine rings is 1. The zero-order chi connectivity index (χ0) is 18.2. The maximum atomic E-state index is 6.08. The smallest absolute Gasteiger partial charge is 0.189 e. The molecule has 0 atom stereocenters. The van der Waals surface area contributed by atoms with Crippen molar-refractivity contribution in [1.82, 2.24) is 15.2 Å². The summed E-state index contributed by atoms with van der Waals surface area (Å²) >= 11 is 0. The molecule has 1 saturated heterocycles. The third kappa shape index (κ3) is 7.10. The highest BCUT2D eigenvalue weighted by atomic mass is 127. The number of halogens is 1. The molecule has 2 heterocycles. The van der Waals surface area contributed by atoms with Crippen LogP contribution in [0.3, 0.4) is 0 Å². The Morgan fingerprint density at radius 2 is 1.85 bits per heavy atom. The first-order valence-electron chi connectivity index (χ1n) is 10.2. The zero-order valence-corrected chi connectivity index (χ0v) is 18.9. The van der Waals surface area contributed by atoms with Crippen molar-refractivity contribution in [3.8, 4) is 0 Å². The molecule has 0 aromatic carbocycles. The maximum absolute atomic E-state index is 6.08. The number of nitrogens with two attached hydrogens (primary N) is 1. The van der Waals surface area contributed by atoms with Gasteiger partial charge in [0.05, 0.1) is 6.54 Å². The van der Waals surface area contributed by atoms with E-state index in [1.165, 1.54) is 38.5 Å². The number of hydrogen-bond donors (Lipinski definition) is 2. The molecule has 3 N–H and O–H groups in total. The highest BCUT2D eigenvalue weighted by molar-refractivity contribution is 14.0. The molecule has 7 heteroatoms. The van der Waals surface area contributed by atoms with Crippen LogP contribution in [0.5, 0.6) is 0 Å². The Balaban J connectivity index is 0.00000261. The van der Waals surface area contributed by atoms with Crippen LogP contribution < -0.4 is 16.0 Å². The second kappa shape index (κ2) is 11.7. The van der Waals surface area contributed by atoms with E-state index in [0.29, 0.717) is 18.5 Å². The lowest BCUT2D eigenvalue weighted by atomic mass is 10.1. The van der Waals surface area contributed by atoms with Crippen molar-refractivity contribution in [1.29, 1.82) is 0 Å². The molecule has 3 rings (SSSR count). The van der Waals surface area contributed by atoms with Gasteiger partial charge >= 0.3 is 0 Å². The van der Waals surface area contributed by atoms with Gasteiger partial charge in [-0.25, -0.2) is 9.98 Å². The van der Waals surface area contributed by atoms with E-state index < -0.39 is 0 Å². The van der Waals surface area contributed by atoms with Gasteiger partial charge in [0.2, 0.25) is 0 Å². The minimum atomic E-state index is 0. The molecule has 0 spiro atoms. The number of rotatable bonds is 5. The van der Waals surface area contributed by atoms with Crippen LogP contribution in [0.2, 0.25) is 0 Å². The molecule has 152 valence electrons. The molecule has 1 aliphatic heterocycles. The van der Waals surface area contributed by atoms with Crippen molar-refractivity contribution in [3.63, 3.8) is 0 Å². The topological polar surface area (TPSA) is 69.8 Å². The summed E-state index contributed by atoms with van der Waals surface area (Å²) in [5.41, 5.74) is 7.19. The first-order valence-corrected chi connectivity index (χ1v) is 10.2. The van der Waals surface area contributed by atoms with Crippen LogP contribution >= 0.6 is 24.0 Å². The van der Waals surface area contributed by atoms with Gasteiger partial charge in [-0.2, -0.15) is 0 Å². The van der Waals surface area contributed by atoms with Crippen molar-refractivity contribution in [3.05, 3.63) is 23.9 Å². The molecule has 1 aliphatic carbocycles. The van der Waals surface area contributed by atoms with E-state index >= 15 is 0 Å². The Kier molecular flexibility index (Phi) is 9.61. The number of pyridine rings is 1. The van der Waals surface area contributed by atoms with E-state index in [1.54, 1.807) is 0 Å². The molecule has 27 heavy (non-hydrogen) atoms. The Labute approximate surface area is 181 Å². The molecular weight excluding hydrogens is 451 g/mol. The Hall–Kier alpha value is -1.09. The molecule has 0 unspecified atom stereocenters. The Bertz CT molecular complexity index is 560. The van der Waals surface area contributed by atoms with E-state index in [4.69, 9.17) is 5.73 Å². The molecule has 1 aromatic heterocycles. The molecule has 2 fully saturated rings. The number of aliphatic imine (C=N–C) groups is 1. The first kappa shape index (κ1) is 22.2. The van der Waals surface area contributed by atoms with Crippen LogP contribution in [0.4, 0.5) is 5.82 Å². The number of hydrogen-bond acceptors (Lipinski definition) is 4. The van der Waals surface area contributed by atoms with Crippen LogP contribution in [-0.4, -0.2) is 54.6 Å². The van der Waals surface area contributed by atoms with Gasteiger partial charge in [0.1, 0.15) is 5.82 Å². The van der Waals surface area contributed by atoms with Crippen molar-refractivity contribution in [2.75, 3.05) is 37.6 Å². The number of guanidine groups is 1. The molecule has 6 nitrogen and oxygen atoms in total. The fourth-order valence-corrected chi connectivity index (χ4v) is 3.85. The fraction of sp³-hybridized carbons (Fsp3) is 0.700. The summed E-state index contributed by atoms with van der Waals surface area (Å²) in [4.78, 5) is 14.0.